The Morgan fingerprint density at radius 1 is 1.24 bits per heavy atom. The molecule has 1 amide bonds. The molecule has 0 saturated carbocycles. The van der Waals surface area contributed by atoms with Crippen molar-refractivity contribution in [3.63, 3.8) is 0 Å². The summed E-state index contributed by atoms with van der Waals surface area (Å²) in [6, 6.07) is 13.6. The molecule has 0 aliphatic carbocycles. The molecule has 108 valence electrons. The van der Waals surface area contributed by atoms with Gasteiger partial charge in [0, 0.05) is 17.9 Å². The van der Waals surface area contributed by atoms with Gasteiger partial charge in [0.1, 0.15) is 6.17 Å². The minimum atomic E-state index is -0.219. The van der Waals surface area contributed by atoms with E-state index in [2.05, 4.69) is 24.1 Å². The highest BCUT2D eigenvalue weighted by Gasteiger charge is 2.35. The predicted molar refractivity (Wildman–Crippen MR) is 83.0 cm³/mol. The van der Waals surface area contributed by atoms with Gasteiger partial charge in [0.05, 0.1) is 11.3 Å². The van der Waals surface area contributed by atoms with Crippen molar-refractivity contribution in [3.8, 4) is 0 Å². The maximum absolute atomic E-state index is 12.9. The van der Waals surface area contributed by atoms with Crippen LogP contribution in [0.2, 0.25) is 0 Å². The van der Waals surface area contributed by atoms with Crippen LogP contribution in [0.15, 0.2) is 48.7 Å². The third kappa shape index (κ3) is 2.37. The molecule has 2 aromatic rings. The number of pyridine rings is 1. The van der Waals surface area contributed by atoms with Gasteiger partial charge in [-0.05, 0) is 37.6 Å². The van der Waals surface area contributed by atoms with Crippen molar-refractivity contribution >= 4 is 11.6 Å². The zero-order valence-electron chi connectivity index (χ0n) is 12.3. The molecule has 0 bridgehead atoms. The summed E-state index contributed by atoms with van der Waals surface area (Å²) in [5, 5.41) is 3.45. The van der Waals surface area contributed by atoms with E-state index in [1.54, 1.807) is 6.20 Å². The van der Waals surface area contributed by atoms with Gasteiger partial charge in [-0.1, -0.05) is 25.1 Å². The molecule has 1 aliphatic rings. The van der Waals surface area contributed by atoms with Crippen molar-refractivity contribution in [3.05, 3.63) is 59.9 Å². The number of carbonyl (C=O) groups excluding carboxylic acids is 1. The van der Waals surface area contributed by atoms with Crippen LogP contribution in [0.25, 0.3) is 0 Å². The molecule has 2 atom stereocenters. The maximum atomic E-state index is 12.9. The van der Waals surface area contributed by atoms with E-state index in [-0.39, 0.29) is 18.1 Å². The van der Waals surface area contributed by atoms with Gasteiger partial charge in [0.15, 0.2) is 0 Å². The first-order valence-corrected chi connectivity index (χ1v) is 7.31. The van der Waals surface area contributed by atoms with Crippen LogP contribution in [0, 0.1) is 0 Å². The molecule has 1 aromatic heterocycles. The molecular formula is C17H19N3O. The molecule has 0 fully saturated rings. The average molecular weight is 281 g/mol. The monoisotopic (exact) mass is 281 g/mol. The van der Waals surface area contributed by atoms with E-state index in [1.807, 2.05) is 47.4 Å². The third-order valence-corrected chi connectivity index (χ3v) is 4.00. The number of fused-ring (bicyclic) bond motifs is 1. The summed E-state index contributed by atoms with van der Waals surface area (Å²) in [5.41, 5.74) is 2.46. The van der Waals surface area contributed by atoms with Crippen molar-refractivity contribution in [2.45, 2.75) is 32.5 Å². The zero-order chi connectivity index (χ0) is 14.8. The van der Waals surface area contributed by atoms with Gasteiger partial charge in [-0.2, -0.15) is 0 Å². The van der Waals surface area contributed by atoms with E-state index < -0.39 is 0 Å². The fraction of sp³-hybridized carbons (Fsp3) is 0.294. The molecule has 1 aromatic carbocycles. The molecule has 0 spiro atoms. The SMILES string of the molecule is CC[C@@H](C)N1C(=O)c2ccccc2N[C@H]1c1ccccn1. The van der Waals surface area contributed by atoms with Crippen molar-refractivity contribution in [1.82, 2.24) is 9.88 Å². The number of hydrogen-bond acceptors (Lipinski definition) is 3. The molecule has 2 heterocycles. The summed E-state index contributed by atoms with van der Waals surface area (Å²) in [6.07, 6.45) is 2.44. The molecule has 21 heavy (non-hydrogen) atoms. The number of aromatic nitrogens is 1. The minimum Gasteiger partial charge on any atom is -0.359 e. The van der Waals surface area contributed by atoms with Gasteiger partial charge >= 0.3 is 0 Å². The van der Waals surface area contributed by atoms with Crippen molar-refractivity contribution in [1.29, 1.82) is 0 Å². The second kappa shape index (κ2) is 5.56. The van der Waals surface area contributed by atoms with E-state index in [0.717, 1.165) is 23.4 Å². The fourth-order valence-corrected chi connectivity index (χ4v) is 2.67. The molecule has 0 saturated heterocycles. The Hall–Kier alpha value is -2.36. The Labute approximate surface area is 124 Å². The van der Waals surface area contributed by atoms with Crippen LogP contribution >= 0.6 is 0 Å². The van der Waals surface area contributed by atoms with Crippen molar-refractivity contribution in [2.75, 3.05) is 5.32 Å². The molecule has 1 aliphatic heterocycles. The number of hydrogen-bond donors (Lipinski definition) is 1. The van der Waals surface area contributed by atoms with Crippen molar-refractivity contribution in [2.24, 2.45) is 0 Å². The number of benzene rings is 1. The Bertz CT molecular complexity index is 641. The van der Waals surface area contributed by atoms with E-state index in [0.29, 0.717) is 0 Å². The first-order valence-electron chi connectivity index (χ1n) is 7.31. The average Bonchev–Trinajstić information content (AvgIpc) is 2.55. The van der Waals surface area contributed by atoms with Crippen LogP contribution in [0.1, 0.15) is 42.5 Å². The van der Waals surface area contributed by atoms with E-state index in [9.17, 15) is 4.79 Å². The summed E-state index contributed by atoms with van der Waals surface area (Å²) in [5.74, 6) is 0.0642. The van der Waals surface area contributed by atoms with Gasteiger partial charge in [0.2, 0.25) is 0 Å². The van der Waals surface area contributed by atoms with Gasteiger partial charge < -0.3 is 10.2 Å². The first kappa shape index (κ1) is 13.6. The highest BCUT2D eigenvalue weighted by molar-refractivity contribution is 6.01. The largest absolute Gasteiger partial charge is 0.359 e. The maximum Gasteiger partial charge on any atom is 0.258 e. The lowest BCUT2D eigenvalue weighted by atomic mass is 10.0. The first-order chi connectivity index (χ1) is 10.2. The Kier molecular flexibility index (Phi) is 3.60. The van der Waals surface area contributed by atoms with Gasteiger partial charge in [0.25, 0.3) is 5.91 Å². The summed E-state index contributed by atoms with van der Waals surface area (Å²) >= 11 is 0. The topological polar surface area (TPSA) is 45.2 Å². The molecule has 0 radical (unpaired) electrons. The zero-order valence-corrected chi connectivity index (χ0v) is 12.3. The van der Waals surface area contributed by atoms with Crippen LogP contribution in [0.4, 0.5) is 5.69 Å². The molecule has 0 unspecified atom stereocenters. The summed E-state index contributed by atoms with van der Waals surface area (Å²) in [4.78, 5) is 19.2. The number of carbonyl (C=O) groups is 1. The highest BCUT2D eigenvalue weighted by atomic mass is 16.2. The van der Waals surface area contributed by atoms with Crippen LogP contribution in [-0.2, 0) is 0 Å². The number of anilines is 1. The van der Waals surface area contributed by atoms with Gasteiger partial charge in [-0.25, -0.2) is 0 Å². The third-order valence-electron chi connectivity index (χ3n) is 4.00. The van der Waals surface area contributed by atoms with Crippen LogP contribution < -0.4 is 5.32 Å². The fourth-order valence-electron chi connectivity index (χ4n) is 2.67. The smallest absolute Gasteiger partial charge is 0.258 e. The van der Waals surface area contributed by atoms with E-state index in [1.165, 1.54) is 0 Å². The summed E-state index contributed by atoms with van der Waals surface area (Å²) in [6.45, 7) is 4.16. The number of nitrogens with zero attached hydrogens (tertiary/aromatic N) is 2. The minimum absolute atomic E-state index is 0.0642. The second-order valence-corrected chi connectivity index (χ2v) is 5.32. The number of amides is 1. The standard InChI is InChI=1S/C17H19N3O/c1-3-12(2)20-16(15-10-6-7-11-18-15)19-14-9-5-4-8-13(14)17(20)21/h4-12,16,19H,3H2,1-2H3/t12-,16-/m1/s1. The van der Waals surface area contributed by atoms with Crippen LogP contribution in [0.5, 0.6) is 0 Å². The lowest BCUT2D eigenvalue weighted by Crippen LogP contribution is -2.47. The number of nitrogens with one attached hydrogen (secondary N) is 1. The molecule has 4 nitrogen and oxygen atoms in total. The van der Waals surface area contributed by atoms with Crippen LogP contribution in [0.3, 0.4) is 0 Å². The number of para-hydroxylation sites is 1. The van der Waals surface area contributed by atoms with Crippen molar-refractivity contribution < 1.29 is 4.79 Å². The quantitative estimate of drug-likeness (QED) is 0.937. The van der Waals surface area contributed by atoms with E-state index >= 15 is 0 Å². The lowest BCUT2D eigenvalue weighted by Gasteiger charge is -2.40. The Balaban J connectivity index is 2.07. The second-order valence-electron chi connectivity index (χ2n) is 5.32. The summed E-state index contributed by atoms with van der Waals surface area (Å²) < 4.78 is 0. The van der Waals surface area contributed by atoms with Crippen LogP contribution in [-0.4, -0.2) is 21.8 Å². The molecule has 4 heteroatoms. The van der Waals surface area contributed by atoms with Gasteiger partial charge in [-0.15, -0.1) is 0 Å². The lowest BCUT2D eigenvalue weighted by molar-refractivity contribution is 0.0589. The molecule has 3 rings (SSSR count). The Morgan fingerprint density at radius 3 is 2.71 bits per heavy atom. The van der Waals surface area contributed by atoms with E-state index in [4.69, 9.17) is 0 Å². The predicted octanol–water partition coefficient (Wildman–Crippen LogP) is 3.45. The Morgan fingerprint density at radius 2 is 2.00 bits per heavy atom. The normalized spacial score (nSPS) is 18.9. The van der Waals surface area contributed by atoms with Gasteiger partial charge in [-0.3, -0.25) is 9.78 Å². The highest BCUT2D eigenvalue weighted by Crippen LogP contribution is 2.34. The number of rotatable bonds is 3. The summed E-state index contributed by atoms with van der Waals surface area (Å²) in [7, 11) is 0. The molecular weight excluding hydrogens is 262 g/mol. The molecule has 1 N–H and O–H groups in total.